The first-order chi connectivity index (χ1) is 8.26. The van der Waals surface area contributed by atoms with Crippen LogP contribution in [0.3, 0.4) is 0 Å². The first-order valence-electron chi connectivity index (χ1n) is 7.05. The molecule has 3 nitrogen and oxygen atoms in total. The molecule has 0 aromatic carbocycles. The maximum Gasteiger partial charge on any atom is 0.0939 e. The highest BCUT2D eigenvalue weighted by atomic mass is 16.5. The lowest BCUT2D eigenvalue weighted by molar-refractivity contribution is -0.947. The number of nitriles is 1. The standard InChI is InChI=1S/C14H25N2O/c1-16-9-3-2-7-14(16)13(6-4-10-16)12-17-11-5-8-15/h13-14H,2-7,9-12H2,1H3/q+1/t13-,14-,16?/m0/s1. The van der Waals surface area contributed by atoms with Gasteiger partial charge in [-0.3, -0.25) is 0 Å². The normalized spacial score (nSPS) is 37.2. The van der Waals surface area contributed by atoms with Crippen LogP contribution in [0.25, 0.3) is 0 Å². The number of ether oxygens (including phenoxy) is 1. The third kappa shape index (κ3) is 3.00. The van der Waals surface area contributed by atoms with E-state index in [-0.39, 0.29) is 0 Å². The molecule has 3 heteroatoms. The van der Waals surface area contributed by atoms with E-state index in [1.807, 2.05) is 0 Å². The van der Waals surface area contributed by atoms with Crippen LogP contribution in [0.4, 0.5) is 0 Å². The van der Waals surface area contributed by atoms with Gasteiger partial charge in [-0.25, -0.2) is 0 Å². The predicted molar refractivity (Wildman–Crippen MR) is 67.3 cm³/mol. The molecule has 2 aliphatic heterocycles. The van der Waals surface area contributed by atoms with Crippen LogP contribution in [0.1, 0.15) is 38.5 Å². The van der Waals surface area contributed by atoms with Crippen molar-refractivity contribution in [2.45, 2.75) is 44.6 Å². The zero-order chi connectivity index (χ0) is 12.1. The van der Waals surface area contributed by atoms with Gasteiger partial charge in [0, 0.05) is 12.3 Å². The lowest BCUT2D eigenvalue weighted by Crippen LogP contribution is -2.61. The van der Waals surface area contributed by atoms with E-state index in [9.17, 15) is 0 Å². The van der Waals surface area contributed by atoms with Crippen LogP contribution < -0.4 is 0 Å². The fourth-order valence-electron chi connectivity index (χ4n) is 3.78. The Hall–Kier alpha value is -0.590. The molecule has 2 aliphatic rings. The van der Waals surface area contributed by atoms with Gasteiger partial charge in [-0.05, 0) is 25.7 Å². The maximum absolute atomic E-state index is 8.50. The first kappa shape index (κ1) is 12.9. The van der Waals surface area contributed by atoms with E-state index in [2.05, 4.69) is 13.1 Å². The third-order valence-electron chi connectivity index (χ3n) is 4.70. The molecule has 96 valence electrons. The van der Waals surface area contributed by atoms with Crippen molar-refractivity contribution in [3.8, 4) is 6.07 Å². The number of hydrogen-bond donors (Lipinski definition) is 0. The Morgan fingerprint density at radius 1 is 1.24 bits per heavy atom. The molecule has 3 atom stereocenters. The van der Waals surface area contributed by atoms with Crippen LogP contribution in [-0.2, 0) is 4.74 Å². The summed E-state index contributed by atoms with van der Waals surface area (Å²) in [6.45, 7) is 4.21. The summed E-state index contributed by atoms with van der Waals surface area (Å²) in [4.78, 5) is 0. The van der Waals surface area contributed by atoms with Gasteiger partial charge in [0.2, 0.25) is 0 Å². The van der Waals surface area contributed by atoms with Crippen LogP contribution in [0, 0.1) is 17.2 Å². The summed E-state index contributed by atoms with van der Waals surface area (Å²) in [6, 6.07) is 2.96. The smallest absolute Gasteiger partial charge is 0.0939 e. The first-order valence-corrected chi connectivity index (χ1v) is 7.05. The van der Waals surface area contributed by atoms with Crippen molar-refractivity contribution in [1.82, 2.24) is 0 Å². The quantitative estimate of drug-likeness (QED) is 0.555. The van der Waals surface area contributed by atoms with E-state index in [1.165, 1.54) is 49.7 Å². The Kier molecular flexibility index (Phi) is 4.42. The Bertz CT molecular complexity index is 282. The molecule has 2 rings (SSSR count). The minimum Gasteiger partial charge on any atom is -0.380 e. The summed E-state index contributed by atoms with van der Waals surface area (Å²) in [5.41, 5.74) is 0. The number of fused-ring (bicyclic) bond motifs is 1. The molecule has 0 aliphatic carbocycles. The summed E-state index contributed by atoms with van der Waals surface area (Å²) in [5, 5.41) is 8.50. The van der Waals surface area contributed by atoms with Crippen LogP contribution in [0.2, 0.25) is 0 Å². The molecule has 0 saturated carbocycles. The Labute approximate surface area is 105 Å². The van der Waals surface area contributed by atoms with E-state index in [0.29, 0.717) is 13.0 Å². The van der Waals surface area contributed by atoms with Gasteiger partial charge in [-0.15, -0.1) is 0 Å². The number of rotatable bonds is 4. The van der Waals surface area contributed by atoms with Crippen molar-refractivity contribution in [1.29, 1.82) is 5.26 Å². The summed E-state index contributed by atoms with van der Waals surface area (Å²) < 4.78 is 6.96. The second-order valence-electron chi connectivity index (χ2n) is 5.88. The van der Waals surface area contributed by atoms with Crippen molar-refractivity contribution < 1.29 is 9.22 Å². The van der Waals surface area contributed by atoms with E-state index in [4.69, 9.17) is 10.00 Å². The zero-order valence-corrected chi connectivity index (χ0v) is 11.0. The van der Waals surface area contributed by atoms with E-state index < -0.39 is 0 Å². The summed E-state index contributed by atoms with van der Waals surface area (Å²) in [6.07, 6.45) is 7.37. The monoisotopic (exact) mass is 237 g/mol. The molecule has 0 N–H and O–H groups in total. The van der Waals surface area contributed by atoms with Crippen LogP contribution in [0.5, 0.6) is 0 Å². The number of piperidine rings is 2. The molecular formula is C14H25N2O+. The maximum atomic E-state index is 8.50. The lowest BCUT2D eigenvalue weighted by Gasteiger charge is -2.51. The van der Waals surface area contributed by atoms with Gasteiger partial charge in [0.1, 0.15) is 0 Å². The average Bonchev–Trinajstić information content (AvgIpc) is 2.34. The molecule has 17 heavy (non-hydrogen) atoms. The molecule has 2 fully saturated rings. The van der Waals surface area contributed by atoms with Crippen molar-refractivity contribution in [2.75, 3.05) is 33.4 Å². The SMILES string of the molecule is C[N+]12CCCC[C@H]1[C@H](COCCC#N)CCC2. The summed E-state index contributed by atoms with van der Waals surface area (Å²) >= 11 is 0. The minimum absolute atomic E-state index is 0.531. The van der Waals surface area contributed by atoms with E-state index in [0.717, 1.165) is 18.6 Å². The molecule has 0 amide bonds. The molecule has 0 bridgehead atoms. The van der Waals surface area contributed by atoms with Crippen LogP contribution >= 0.6 is 0 Å². The minimum atomic E-state index is 0.531. The largest absolute Gasteiger partial charge is 0.380 e. The van der Waals surface area contributed by atoms with Gasteiger partial charge in [-0.2, -0.15) is 5.26 Å². The van der Waals surface area contributed by atoms with Gasteiger partial charge < -0.3 is 9.22 Å². The Morgan fingerprint density at radius 2 is 2.06 bits per heavy atom. The number of quaternary nitrogens is 1. The summed E-state index contributed by atoms with van der Waals surface area (Å²) in [5.74, 6) is 0.729. The van der Waals surface area contributed by atoms with E-state index in [1.54, 1.807) is 0 Å². The lowest BCUT2D eigenvalue weighted by atomic mass is 9.82. The van der Waals surface area contributed by atoms with Gasteiger partial charge in [0.25, 0.3) is 0 Å². The Morgan fingerprint density at radius 3 is 2.88 bits per heavy atom. The second-order valence-corrected chi connectivity index (χ2v) is 5.88. The average molecular weight is 237 g/mol. The topological polar surface area (TPSA) is 33.0 Å². The van der Waals surface area contributed by atoms with Gasteiger partial charge in [0.15, 0.2) is 0 Å². The number of nitrogens with zero attached hydrogens (tertiary/aromatic N) is 2. The van der Waals surface area contributed by atoms with Gasteiger partial charge in [0.05, 0.1) is 51.9 Å². The third-order valence-corrected chi connectivity index (χ3v) is 4.70. The van der Waals surface area contributed by atoms with Crippen molar-refractivity contribution in [2.24, 2.45) is 5.92 Å². The highest BCUT2D eigenvalue weighted by molar-refractivity contribution is 4.79. The molecule has 0 aromatic heterocycles. The highest BCUT2D eigenvalue weighted by Gasteiger charge is 2.43. The highest BCUT2D eigenvalue weighted by Crippen LogP contribution is 2.35. The van der Waals surface area contributed by atoms with Crippen LogP contribution in [0.15, 0.2) is 0 Å². The molecule has 1 unspecified atom stereocenters. The second kappa shape index (κ2) is 5.84. The molecule has 2 saturated heterocycles. The zero-order valence-electron chi connectivity index (χ0n) is 11.0. The van der Waals surface area contributed by atoms with Crippen molar-refractivity contribution in [3.05, 3.63) is 0 Å². The van der Waals surface area contributed by atoms with Gasteiger partial charge >= 0.3 is 0 Å². The van der Waals surface area contributed by atoms with Crippen molar-refractivity contribution >= 4 is 0 Å². The molecule has 0 spiro atoms. The molecule has 0 radical (unpaired) electrons. The summed E-state index contributed by atoms with van der Waals surface area (Å²) in [7, 11) is 2.44. The Balaban J connectivity index is 1.86. The molecular weight excluding hydrogens is 212 g/mol. The fraction of sp³-hybridized carbons (Fsp3) is 0.929. The molecule has 2 heterocycles. The van der Waals surface area contributed by atoms with E-state index >= 15 is 0 Å². The van der Waals surface area contributed by atoms with Crippen molar-refractivity contribution in [3.63, 3.8) is 0 Å². The van der Waals surface area contributed by atoms with Crippen LogP contribution in [-0.4, -0.2) is 43.9 Å². The molecule has 0 aromatic rings. The predicted octanol–water partition coefficient (Wildman–Crippen LogP) is 2.33. The fourth-order valence-corrected chi connectivity index (χ4v) is 3.78. The number of hydrogen-bond acceptors (Lipinski definition) is 2. The van der Waals surface area contributed by atoms with Gasteiger partial charge in [-0.1, -0.05) is 0 Å².